The molecule has 0 aromatic carbocycles. The number of nitrogens with one attached hydrogen (secondary N) is 2. The lowest BCUT2D eigenvalue weighted by atomic mass is 9.77. The Kier molecular flexibility index (Phi) is 6.54. The summed E-state index contributed by atoms with van der Waals surface area (Å²) in [4.78, 5) is 25.5. The molecule has 0 aromatic rings. The number of halogens is 4. The van der Waals surface area contributed by atoms with Gasteiger partial charge in [-0.25, -0.2) is 17.6 Å². The van der Waals surface area contributed by atoms with Crippen LogP contribution in [-0.4, -0.2) is 35.7 Å². The molecule has 3 rings (SSSR count). The summed E-state index contributed by atoms with van der Waals surface area (Å²) in [6.45, 7) is 0. The SMILES string of the molecule is O=C(NC1CCCC(F)(F)C1)[C@@H]1CCCC[C@H]1C(=O)NC1CCCC(F)(F)C1. The van der Waals surface area contributed by atoms with Crippen molar-refractivity contribution in [2.75, 3.05) is 0 Å². The van der Waals surface area contributed by atoms with Crippen LogP contribution in [0.5, 0.6) is 0 Å². The Hall–Kier alpha value is -1.34. The third-order valence-electron chi connectivity index (χ3n) is 6.41. The molecule has 2 N–H and O–H groups in total. The molecule has 3 saturated carbocycles. The highest BCUT2D eigenvalue weighted by molar-refractivity contribution is 5.88. The molecule has 28 heavy (non-hydrogen) atoms. The predicted molar refractivity (Wildman–Crippen MR) is 96.1 cm³/mol. The summed E-state index contributed by atoms with van der Waals surface area (Å²) in [5, 5.41) is 5.45. The van der Waals surface area contributed by atoms with Gasteiger partial charge in [0.15, 0.2) is 0 Å². The lowest BCUT2D eigenvalue weighted by Crippen LogP contribution is -2.50. The number of hydrogen-bond donors (Lipinski definition) is 2. The van der Waals surface area contributed by atoms with Crippen molar-refractivity contribution in [3.05, 3.63) is 0 Å². The van der Waals surface area contributed by atoms with E-state index in [1.165, 1.54) is 0 Å². The average molecular weight is 406 g/mol. The van der Waals surface area contributed by atoms with Gasteiger partial charge in [-0.3, -0.25) is 9.59 Å². The smallest absolute Gasteiger partial charge is 0.250 e. The molecule has 0 saturated heterocycles. The molecular formula is C20H30F4N2O2. The maximum Gasteiger partial charge on any atom is 0.250 e. The van der Waals surface area contributed by atoms with Crippen LogP contribution in [0, 0.1) is 11.8 Å². The standard InChI is InChI=1S/C20H30F4N2O2/c21-19(22)9-3-5-13(11-19)25-17(27)15-7-1-2-8-16(15)18(28)26-14-6-4-10-20(23,24)12-14/h13-16H,1-12H2,(H,25,27)(H,26,28)/t13?,14?,15-,16-/m1/s1. The van der Waals surface area contributed by atoms with Crippen molar-refractivity contribution in [3.63, 3.8) is 0 Å². The van der Waals surface area contributed by atoms with Crippen molar-refractivity contribution in [2.24, 2.45) is 11.8 Å². The normalized spacial score (nSPS) is 35.0. The van der Waals surface area contributed by atoms with Crippen molar-refractivity contribution in [2.45, 2.75) is 101 Å². The number of amides is 2. The second-order valence-electron chi connectivity index (χ2n) is 8.81. The Bertz CT molecular complexity index is 535. The van der Waals surface area contributed by atoms with E-state index in [0.29, 0.717) is 38.5 Å². The highest BCUT2D eigenvalue weighted by atomic mass is 19.3. The average Bonchev–Trinajstić information content (AvgIpc) is 2.60. The van der Waals surface area contributed by atoms with Crippen LogP contribution in [-0.2, 0) is 9.59 Å². The van der Waals surface area contributed by atoms with E-state index in [9.17, 15) is 27.2 Å². The molecule has 0 aromatic heterocycles. The van der Waals surface area contributed by atoms with E-state index in [1.54, 1.807) is 0 Å². The molecule has 4 atom stereocenters. The largest absolute Gasteiger partial charge is 0.353 e. The molecule has 2 unspecified atom stereocenters. The molecule has 3 aliphatic rings. The molecule has 0 heterocycles. The predicted octanol–water partition coefficient (Wildman–Crippen LogP) is 4.18. The van der Waals surface area contributed by atoms with Crippen LogP contribution in [0.4, 0.5) is 17.6 Å². The van der Waals surface area contributed by atoms with Gasteiger partial charge in [0, 0.05) is 49.6 Å². The van der Waals surface area contributed by atoms with Gasteiger partial charge >= 0.3 is 0 Å². The van der Waals surface area contributed by atoms with Gasteiger partial charge in [0.2, 0.25) is 23.7 Å². The van der Waals surface area contributed by atoms with Gasteiger partial charge in [0.1, 0.15) is 0 Å². The summed E-state index contributed by atoms with van der Waals surface area (Å²) < 4.78 is 54.4. The molecule has 8 heteroatoms. The van der Waals surface area contributed by atoms with E-state index in [-0.39, 0.29) is 37.5 Å². The van der Waals surface area contributed by atoms with Crippen LogP contribution >= 0.6 is 0 Å². The zero-order valence-electron chi connectivity index (χ0n) is 16.1. The summed E-state index contributed by atoms with van der Waals surface area (Å²) in [5.74, 6) is -7.37. The van der Waals surface area contributed by atoms with E-state index in [4.69, 9.17) is 0 Å². The molecule has 3 aliphatic carbocycles. The Balaban J connectivity index is 1.58. The summed E-state index contributed by atoms with van der Waals surface area (Å²) in [5.41, 5.74) is 0. The minimum absolute atomic E-state index is 0.153. The number of carbonyl (C=O) groups excluding carboxylic acids is 2. The Labute approximate surface area is 163 Å². The highest BCUT2D eigenvalue weighted by Crippen LogP contribution is 2.36. The van der Waals surface area contributed by atoms with Gasteiger partial charge < -0.3 is 10.6 Å². The van der Waals surface area contributed by atoms with Crippen molar-refractivity contribution in [3.8, 4) is 0 Å². The molecular weight excluding hydrogens is 376 g/mol. The van der Waals surface area contributed by atoms with Crippen LogP contribution in [0.25, 0.3) is 0 Å². The molecule has 0 aliphatic heterocycles. The van der Waals surface area contributed by atoms with Gasteiger partial charge in [-0.05, 0) is 38.5 Å². The van der Waals surface area contributed by atoms with Crippen molar-refractivity contribution in [1.29, 1.82) is 0 Å². The molecule has 0 bridgehead atoms. The maximum atomic E-state index is 13.6. The van der Waals surface area contributed by atoms with E-state index < -0.39 is 35.8 Å². The molecule has 3 fully saturated rings. The fraction of sp³-hybridized carbons (Fsp3) is 0.900. The van der Waals surface area contributed by atoms with E-state index in [1.807, 2.05) is 0 Å². The summed E-state index contributed by atoms with van der Waals surface area (Å²) in [6.07, 6.45) is 3.36. The summed E-state index contributed by atoms with van der Waals surface area (Å²) >= 11 is 0. The lowest BCUT2D eigenvalue weighted by Gasteiger charge is -2.35. The molecule has 2 amide bonds. The fourth-order valence-corrected chi connectivity index (χ4v) is 4.96. The molecule has 160 valence electrons. The first-order chi connectivity index (χ1) is 13.2. The number of hydrogen-bond acceptors (Lipinski definition) is 2. The van der Waals surface area contributed by atoms with Gasteiger partial charge in [-0.2, -0.15) is 0 Å². The zero-order chi connectivity index (χ0) is 20.4. The first kappa shape index (κ1) is 21.4. The Morgan fingerprint density at radius 3 is 1.39 bits per heavy atom. The van der Waals surface area contributed by atoms with Crippen molar-refractivity contribution in [1.82, 2.24) is 10.6 Å². The summed E-state index contributed by atoms with van der Waals surface area (Å²) in [6, 6.07) is -1.14. The van der Waals surface area contributed by atoms with Crippen molar-refractivity contribution < 1.29 is 27.2 Å². The first-order valence-corrected chi connectivity index (χ1v) is 10.5. The molecule has 0 spiro atoms. The van der Waals surface area contributed by atoms with E-state index in [2.05, 4.69) is 10.6 Å². The quantitative estimate of drug-likeness (QED) is 0.688. The third kappa shape index (κ3) is 5.60. The molecule has 4 nitrogen and oxygen atoms in total. The molecule has 0 radical (unpaired) electrons. The monoisotopic (exact) mass is 406 g/mol. The number of rotatable bonds is 4. The fourth-order valence-electron chi connectivity index (χ4n) is 4.96. The second-order valence-corrected chi connectivity index (χ2v) is 8.81. The minimum atomic E-state index is -2.76. The minimum Gasteiger partial charge on any atom is -0.353 e. The van der Waals surface area contributed by atoms with Crippen LogP contribution in [0.15, 0.2) is 0 Å². The van der Waals surface area contributed by atoms with Crippen LogP contribution in [0.2, 0.25) is 0 Å². The topological polar surface area (TPSA) is 58.2 Å². The third-order valence-corrected chi connectivity index (χ3v) is 6.41. The van der Waals surface area contributed by atoms with Crippen LogP contribution in [0.1, 0.15) is 77.0 Å². The Morgan fingerprint density at radius 2 is 1.04 bits per heavy atom. The zero-order valence-corrected chi connectivity index (χ0v) is 16.1. The van der Waals surface area contributed by atoms with Gasteiger partial charge in [0.05, 0.1) is 0 Å². The van der Waals surface area contributed by atoms with Crippen LogP contribution < -0.4 is 10.6 Å². The first-order valence-electron chi connectivity index (χ1n) is 10.5. The maximum absolute atomic E-state index is 13.6. The Morgan fingerprint density at radius 1 is 0.643 bits per heavy atom. The van der Waals surface area contributed by atoms with Gasteiger partial charge in [0.25, 0.3) is 0 Å². The lowest BCUT2D eigenvalue weighted by molar-refractivity contribution is -0.139. The van der Waals surface area contributed by atoms with Crippen LogP contribution in [0.3, 0.4) is 0 Å². The van der Waals surface area contributed by atoms with E-state index in [0.717, 1.165) is 12.8 Å². The van der Waals surface area contributed by atoms with E-state index >= 15 is 0 Å². The number of carbonyl (C=O) groups is 2. The van der Waals surface area contributed by atoms with Gasteiger partial charge in [-0.15, -0.1) is 0 Å². The van der Waals surface area contributed by atoms with Gasteiger partial charge in [-0.1, -0.05) is 12.8 Å². The van der Waals surface area contributed by atoms with Crippen molar-refractivity contribution >= 4 is 11.8 Å². The highest BCUT2D eigenvalue weighted by Gasteiger charge is 2.42. The number of alkyl halides is 4. The second kappa shape index (κ2) is 8.57. The summed E-state index contributed by atoms with van der Waals surface area (Å²) in [7, 11) is 0.